The number of aromatic nitrogens is 2. The highest BCUT2D eigenvalue weighted by Crippen LogP contribution is 2.66. The van der Waals surface area contributed by atoms with Gasteiger partial charge in [0.1, 0.15) is 24.3 Å². The number of carbonyl (C=O) groups is 1. The van der Waals surface area contributed by atoms with E-state index in [1.165, 1.54) is 37.4 Å². The van der Waals surface area contributed by atoms with E-state index in [-0.39, 0.29) is 17.8 Å². The smallest absolute Gasteiger partial charge is 0.456 e. The van der Waals surface area contributed by atoms with Gasteiger partial charge in [-0.3, -0.25) is 9.09 Å². The molecule has 1 aliphatic rings. The van der Waals surface area contributed by atoms with E-state index >= 15 is 0 Å². The Hall–Kier alpha value is -2.95. The van der Waals surface area contributed by atoms with Gasteiger partial charge < -0.3 is 34.8 Å². The van der Waals surface area contributed by atoms with E-state index in [1.54, 1.807) is 6.07 Å². The number of carbonyl (C=O) groups excluding carboxylic acids is 1. The molecule has 224 valence electrons. The summed E-state index contributed by atoms with van der Waals surface area (Å²) in [5.41, 5.74) is 13.7. The summed E-state index contributed by atoms with van der Waals surface area (Å²) in [4.78, 5) is 68.2. The Bertz CT molecular complexity index is 1540. The standard InChI is InChI=1S/C18H23N6O14P3/c1-10(22-23-20)11-4-2-3-5-12(11)17(25)36-13-8-16(24-7-6-15(19)21-18(24)26)35-14(13)9-34-40(30,31)38-41(32,33)37-39(27,28)29/h2-7,10,13-14,16H,8-9H2,1H3,(H,30,31)(H,32,33)(H2,19,21,26)(H2,27,28,29)/t10?,13-,14-,16-/m1/s1. The van der Waals surface area contributed by atoms with Crippen LogP contribution < -0.4 is 11.4 Å². The van der Waals surface area contributed by atoms with Gasteiger partial charge in [-0.25, -0.2) is 23.3 Å². The maximum absolute atomic E-state index is 13.1. The maximum Gasteiger partial charge on any atom is 0.490 e. The van der Waals surface area contributed by atoms with Crippen molar-refractivity contribution in [3.05, 3.63) is 68.6 Å². The number of phosphoric ester groups is 1. The number of esters is 1. The van der Waals surface area contributed by atoms with E-state index < -0.39 is 66.2 Å². The number of anilines is 1. The summed E-state index contributed by atoms with van der Waals surface area (Å²) in [5, 5.41) is 3.56. The van der Waals surface area contributed by atoms with Gasteiger partial charge in [-0.1, -0.05) is 30.2 Å². The molecule has 41 heavy (non-hydrogen) atoms. The number of benzene rings is 1. The van der Waals surface area contributed by atoms with Crippen molar-refractivity contribution in [3.63, 3.8) is 0 Å². The summed E-state index contributed by atoms with van der Waals surface area (Å²) in [7, 11) is -17.0. The number of nitrogens with zero attached hydrogens (tertiary/aromatic N) is 5. The molecule has 20 nitrogen and oxygen atoms in total. The van der Waals surface area contributed by atoms with Crippen LogP contribution in [-0.4, -0.2) is 53.9 Å². The SMILES string of the molecule is CC(N=[N+]=[N-])c1ccccc1C(=O)O[C@@H]1C[C@H](n2ccc(N)nc2=O)O[C@@H]1COP(=O)(O)OP(=O)(O)OP(=O)(O)O. The Morgan fingerprint density at radius 3 is 2.54 bits per heavy atom. The van der Waals surface area contributed by atoms with Crippen LogP contribution in [0.15, 0.2) is 46.4 Å². The summed E-state index contributed by atoms with van der Waals surface area (Å²) in [6, 6.07) is 6.54. The molecule has 0 spiro atoms. The highest BCUT2D eigenvalue weighted by Gasteiger charge is 2.44. The van der Waals surface area contributed by atoms with Crippen LogP contribution in [0.25, 0.3) is 10.4 Å². The number of phosphoric acid groups is 3. The first-order valence-electron chi connectivity index (χ1n) is 11.1. The van der Waals surface area contributed by atoms with Crippen molar-refractivity contribution in [2.45, 2.75) is 37.8 Å². The van der Waals surface area contributed by atoms with Gasteiger partial charge in [0.15, 0.2) is 0 Å². The minimum absolute atomic E-state index is 0.00815. The zero-order chi connectivity index (χ0) is 30.6. The second-order valence-corrected chi connectivity index (χ2v) is 12.6. The minimum atomic E-state index is -5.79. The lowest BCUT2D eigenvalue weighted by atomic mass is 10.0. The molecular weight excluding hydrogens is 617 g/mol. The number of azide groups is 1. The summed E-state index contributed by atoms with van der Waals surface area (Å²) >= 11 is 0. The van der Waals surface area contributed by atoms with Gasteiger partial charge in [0, 0.05) is 17.5 Å². The molecule has 6 N–H and O–H groups in total. The molecule has 2 aromatic rings. The zero-order valence-electron chi connectivity index (χ0n) is 20.7. The second kappa shape index (κ2) is 12.9. The molecule has 2 heterocycles. The van der Waals surface area contributed by atoms with E-state index in [9.17, 15) is 33.1 Å². The second-order valence-electron chi connectivity index (χ2n) is 8.21. The van der Waals surface area contributed by atoms with E-state index in [1.807, 2.05) is 0 Å². The lowest BCUT2D eigenvalue weighted by Crippen LogP contribution is -2.31. The van der Waals surface area contributed by atoms with Gasteiger partial charge in [-0.05, 0) is 23.2 Å². The van der Waals surface area contributed by atoms with Crippen molar-refractivity contribution >= 4 is 35.3 Å². The fourth-order valence-electron chi connectivity index (χ4n) is 3.65. The highest BCUT2D eigenvalue weighted by molar-refractivity contribution is 7.66. The summed E-state index contributed by atoms with van der Waals surface area (Å²) in [6.07, 6.45) is -2.86. The van der Waals surface area contributed by atoms with Crippen molar-refractivity contribution in [2.24, 2.45) is 5.11 Å². The van der Waals surface area contributed by atoms with Gasteiger partial charge in [0.05, 0.1) is 18.2 Å². The molecule has 0 aliphatic carbocycles. The third-order valence-corrected chi connectivity index (χ3v) is 9.08. The molecule has 1 saturated heterocycles. The monoisotopic (exact) mass is 640 g/mol. The first kappa shape index (κ1) is 32.6. The zero-order valence-corrected chi connectivity index (χ0v) is 23.4. The molecule has 3 rings (SSSR count). The lowest BCUT2D eigenvalue weighted by molar-refractivity contribution is -0.0511. The van der Waals surface area contributed by atoms with Crippen molar-refractivity contribution < 1.29 is 60.7 Å². The molecule has 0 saturated carbocycles. The van der Waals surface area contributed by atoms with Gasteiger partial charge >= 0.3 is 35.1 Å². The van der Waals surface area contributed by atoms with E-state index in [2.05, 4.69) is 28.2 Å². The number of nitrogens with two attached hydrogens (primary N) is 1. The predicted octanol–water partition coefficient (Wildman–Crippen LogP) is 2.05. The van der Waals surface area contributed by atoms with Gasteiger partial charge in [0.25, 0.3) is 0 Å². The van der Waals surface area contributed by atoms with Gasteiger partial charge in [-0.2, -0.15) is 13.6 Å². The van der Waals surface area contributed by atoms with Crippen LogP contribution in [0, 0.1) is 0 Å². The molecule has 1 aliphatic heterocycles. The Morgan fingerprint density at radius 2 is 1.90 bits per heavy atom. The Morgan fingerprint density at radius 1 is 1.22 bits per heavy atom. The van der Waals surface area contributed by atoms with Crippen LogP contribution in [0.1, 0.15) is 41.5 Å². The molecular formula is C18H23N6O14P3. The van der Waals surface area contributed by atoms with Crippen molar-refractivity contribution in [1.29, 1.82) is 0 Å². The molecule has 0 bridgehead atoms. The normalized spacial score (nSPS) is 22.6. The van der Waals surface area contributed by atoms with E-state index in [0.29, 0.717) is 5.56 Å². The first-order chi connectivity index (χ1) is 19.0. The van der Waals surface area contributed by atoms with Crippen LogP contribution in [0.4, 0.5) is 5.82 Å². The molecule has 1 aromatic carbocycles. The number of ether oxygens (including phenoxy) is 2. The van der Waals surface area contributed by atoms with Crippen LogP contribution >= 0.6 is 23.5 Å². The number of hydrogen-bond acceptors (Lipinski definition) is 13. The van der Waals surface area contributed by atoms with Crippen molar-refractivity contribution in [3.8, 4) is 0 Å². The predicted molar refractivity (Wildman–Crippen MR) is 134 cm³/mol. The Kier molecular flexibility index (Phi) is 10.3. The molecule has 6 atom stereocenters. The van der Waals surface area contributed by atoms with E-state index in [0.717, 1.165) is 4.57 Å². The maximum atomic E-state index is 13.1. The Balaban J connectivity index is 1.84. The third kappa shape index (κ3) is 9.28. The fourth-order valence-corrected chi connectivity index (χ4v) is 6.68. The van der Waals surface area contributed by atoms with Crippen LogP contribution in [0.5, 0.6) is 0 Å². The number of rotatable bonds is 12. The molecule has 1 aromatic heterocycles. The first-order valence-corrected chi connectivity index (χ1v) is 15.6. The largest absolute Gasteiger partial charge is 0.490 e. The minimum Gasteiger partial charge on any atom is -0.456 e. The fraction of sp³-hybridized carbons (Fsp3) is 0.389. The summed E-state index contributed by atoms with van der Waals surface area (Å²) in [6.45, 7) is 0.568. The van der Waals surface area contributed by atoms with E-state index in [4.69, 9.17) is 30.5 Å². The third-order valence-electron chi connectivity index (χ3n) is 5.27. The summed E-state index contributed by atoms with van der Waals surface area (Å²) < 4.78 is 58.8. The summed E-state index contributed by atoms with van der Waals surface area (Å²) in [5.74, 6) is -1.02. The quantitative estimate of drug-likeness (QED) is 0.0728. The number of hydrogen-bond donors (Lipinski definition) is 5. The van der Waals surface area contributed by atoms with Gasteiger partial charge in [0.2, 0.25) is 0 Å². The highest BCUT2D eigenvalue weighted by atomic mass is 31.3. The molecule has 3 unspecified atom stereocenters. The van der Waals surface area contributed by atoms with Gasteiger partial charge in [-0.15, -0.1) is 0 Å². The van der Waals surface area contributed by atoms with Crippen LogP contribution in [-0.2, 0) is 36.3 Å². The number of nitrogen functional groups attached to an aromatic ring is 1. The molecule has 1 fully saturated rings. The van der Waals surface area contributed by atoms with Crippen LogP contribution in [0.3, 0.4) is 0 Å². The lowest BCUT2D eigenvalue weighted by Gasteiger charge is -2.21. The molecule has 0 radical (unpaired) electrons. The molecule has 0 amide bonds. The topological polar surface area (TPSA) is 305 Å². The molecule has 23 heteroatoms. The van der Waals surface area contributed by atoms with Crippen molar-refractivity contribution in [1.82, 2.24) is 9.55 Å². The average molecular weight is 640 g/mol. The average Bonchev–Trinajstić information content (AvgIpc) is 3.22. The van der Waals surface area contributed by atoms with Crippen molar-refractivity contribution in [2.75, 3.05) is 12.3 Å². The van der Waals surface area contributed by atoms with Crippen LogP contribution in [0.2, 0.25) is 0 Å². The Labute approximate surface area is 229 Å².